The molecule has 0 aliphatic carbocycles. The maximum atomic E-state index is 12.5. The number of hydrogen-bond donors (Lipinski definition) is 3. The van der Waals surface area contributed by atoms with Crippen molar-refractivity contribution in [2.24, 2.45) is 0 Å². The van der Waals surface area contributed by atoms with Crippen molar-refractivity contribution < 1.29 is 9.59 Å². The molecular formula is C24H21N5O2S. The molecule has 0 saturated carbocycles. The minimum Gasteiger partial charge on any atom is -0.399 e. The van der Waals surface area contributed by atoms with Gasteiger partial charge in [-0.2, -0.15) is 0 Å². The lowest BCUT2D eigenvalue weighted by molar-refractivity contribution is -0.117. The number of nitrogens with zero attached hydrogens (tertiary/aromatic N) is 2. The Kier molecular flexibility index (Phi) is 6.23. The highest BCUT2D eigenvalue weighted by Gasteiger charge is 2.18. The quantitative estimate of drug-likeness (QED) is 0.387. The van der Waals surface area contributed by atoms with Crippen LogP contribution in [0.5, 0.6) is 0 Å². The summed E-state index contributed by atoms with van der Waals surface area (Å²) in [6, 6.07) is 17.7. The maximum absolute atomic E-state index is 12.5. The van der Waals surface area contributed by atoms with E-state index in [4.69, 9.17) is 5.73 Å². The molecular weight excluding hydrogens is 422 g/mol. The van der Waals surface area contributed by atoms with E-state index in [2.05, 4.69) is 20.6 Å². The molecule has 4 rings (SSSR count). The molecule has 32 heavy (non-hydrogen) atoms. The number of nitrogens with one attached hydrogen (secondary N) is 2. The highest BCUT2D eigenvalue weighted by Crippen LogP contribution is 2.28. The Morgan fingerprint density at radius 1 is 0.969 bits per heavy atom. The largest absolute Gasteiger partial charge is 0.399 e. The Labute approximate surface area is 189 Å². The van der Waals surface area contributed by atoms with E-state index >= 15 is 0 Å². The first-order valence-electron chi connectivity index (χ1n) is 9.93. The summed E-state index contributed by atoms with van der Waals surface area (Å²) in [5.74, 6) is -0.694. The maximum Gasteiger partial charge on any atom is 0.251 e. The summed E-state index contributed by atoms with van der Waals surface area (Å²) in [6.07, 6.45) is 3.51. The van der Waals surface area contributed by atoms with Gasteiger partial charge >= 0.3 is 0 Å². The fourth-order valence-corrected chi connectivity index (χ4v) is 3.78. The first-order chi connectivity index (χ1) is 15.5. The van der Waals surface area contributed by atoms with Gasteiger partial charge in [-0.15, -0.1) is 11.3 Å². The van der Waals surface area contributed by atoms with Crippen molar-refractivity contribution in [3.63, 3.8) is 0 Å². The predicted octanol–water partition coefficient (Wildman–Crippen LogP) is 4.21. The lowest BCUT2D eigenvalue weighted by atomic mass is 10.0. The Morgan fingerprint density at radius 2 is 1.69 bits per heavy atom. The number of rotatable bonds is 6. The van der Waals surface area contributed by atoms with Gasteiger partial charge in [0.05, 0.1) is 5.69 Å². The second-order valence-corrected chi connectivity index (χ2v) is 8.02. The second kappa shape index (κ2) is 9.40. The molecule has 2 amide bonds. The van der Waals surface area contributed by atoms with Crippen molar-refractivity contribution in [2.75, 3.05) is 11.1 Å². The number of hydrogen-bond acceptors (Lipinski definition) is 6. The third kappa shape index (κ3) is 4.98. The molecule has 0 bridgehead atoms. The van der Waals surface area contributed by atoms with Gasteiger partial charge in [-0.05, 0) is 60.5 Å². The number of nitrogen functional groups attached to an aromatic ring is 1. The fourth-order valence-electron chi connectivity index (χ4n) is 3.06. The molecule has 2 heterocycles. The van der Waals surface area contributed by atoms with Crippen LogP contribution in [0.3, 0.4) is 0 Å². The molecule has 0 aliphatic heterocycles. The molecule has 4 aromatic rings. The SMILES string of the molecule is C[C@H](NC(=O)c1ccc(N)cc1)C(=O)Nc1nc(-c2cccc(-c3ccncc3)c2)cs1. The molecule has 7 nitrogen and oxygen atoms in total. The summed E-state index contributed by atoms with van der Waals surface area (Å²) in [6.45, 7) is 1.62. The van der Waals surface area contributed by atoms with Crippen LogP contribution < -0.4 is 16.4 Å². The highest BCUT2D eigenvalue weighted by atomic mass is 32.1. The average Bonchev–Trinajstić information content (AvgIpc) is 3.28. The van der Waals surface area contributed by atoms with Gasteiger partial charge in [0.25, 0.3) is 5.91 Å². The molecule has 2 aromatic carbocycles. The van der Waals surface area contributed by atoms with Crippen molar-refractivity contribution in [2.45, 2.75) is 13.0 Å². The number of nitrogens with two attached hydrogens (primary N) is 1. The van der Waals surface area contributed by atoms with Crippen molar-refractivity contribution >= 4 is 34.0 Å². The van der Waals surface area contributed by atoms with Gasteiger partial charge in [0, 0.05) is 34.6 Å². The molecule has 0 aliphatic rings. The summed E-state index contributed by atoms with van der Waals surface area (Å²) in [4.78, 5) is 33.4. The van der Waals surface area contributed by atoms with Crippen LogP contribution in [0, 0.1) is 0 Å². The van der Waals surface area contributed by atoms with E-state index in [0.29, 0.717) is 16.4 Å². The molecule has 1 atom stereocenters. The van der Waals surface area contributed by atoms with E-state index in [1.165, 1.54) is 11.3 Å². The summed E-state index contributed by atoms with van der Waals surface area (Å²) < 4.78 is 0. The molecule has 8 heteroatoms. The van der Waals surface area contributed by atoms with Crippen LogP contribution in [0.4, 0.5) is 10.8 Å². The van der Waals surface area contributed by atoms with E-state index in [1.54, 1.807) is 43.6 Å². The molecule has 0 unspecified atom stereocenters. The predicted molar refractivity (Wildman–Crippen MR) is 127 cm³/mol. The standard InChI is InChI=1S/C24H21N5O2S/c1-15(27-23(31)17-5-7-20(25)8-6-17)22(30)29-24-28-21(14-32-24)19-4-2-3-18(13-19)16-9-11-26-12-10-16/h2-15H,25H2,1H3,(H,27,31)(H,28,29,30)/t15-/m0/s1. The number of benzene rings is 2. The third-order valence-electron chi connectivity index (χ3n) is 4.82. The lowest BCUT2D eigenvalue weighted by Crippen LogP contribution is -2.41. The van der Waals surface area contributed by atoms with Gasteiger partial charge in [0.2, 0.25) is 5.91 Å². The molecule has 4 N–H and O–H groups in total. The van der Waals surface area contributed by atoms with Gasteiger partial charge in [-0.1, -0.05) is 18.2 Å². The van der Waals surface area contributed by atoms with Crippen molar-refractivity contribution in [1.29, 1.82) is 0 Å². The van der Waals surface area contributed by atoms with Crippen LogP contribution in [0.1, 0.15) is 17.3 Å². The molecule has 0 radical (unpaired) electrons. The zero-order chi connectivity index (χ0) is 22.5. The van der Waals surface area contributed by atoms with Crippen LogP contribution in [-0.4, -0.2) is 27.8 Å². The smallest absolute Gasteiger partial charge is 0.251 e. The monoisotopic (exact) mass is 443 g/mol. The van der Waals surface area contributed by atoms with Crippen molar-refractivity contribution in [1.82, 2.24) is 15.3 Å². The minimum absolute atomic E-state index is 0.347. The van der Waals surface area contributed by atoms with Crippen LogP contribution in [0.15, 0.2) is 78.4 Å². The Hall–Kier alpha value is -4.04. The van der Waals surface area contributed by atoms with Gasteiger partial charge in [0.1, 0.15) is 6.04 Å². The van der Waals surface area contributed by atoms with Crippen molar-refractivity contribution in [3.05, 3.63) is 84.0 Å². The topological polar surface area (TPSA) is 110 Å². The minimum atomic E-state index is -0.734. The number of thiazole rings is 1. The number of carbonyl (C=O) groups excluding carboxylic acids is 2. The van der Waals surface area contributed by atoms with Gasteiger partial charge in [-0.25, -0.2) is 4.98 Å². The zero-order valence-corrected chi connectivity index (χ0v) is 18.1. The van der Waals surface area contributed by atoms with Crippen LogP contribution in [-0.2, 0) is 4.79 Å². The Bertz CT molecular complexity index is 1240. The van der Waals surface area contributed by atoms with E-state index in [0.717, 1.165) is 22.4 Å². The Balaban J connectivity index is 1.41. The average molecular weight is 444 g/mol. The number of aromatic nitrogens is 2. The van der Waals surface area contributed by atoms with Crippen LogP contribution in [0.2, 0.25) is 0 Å². The summed E-state index contributed by atoms with van der Waals surface area (Å²) in [5.41, 5.74) is 10.5. The molecule has 2 aromatic heterocycles. The molecule has 160 valence electrons. The highest BCUT2D eigenvalue weighted by molar-refractivity contribution is 7.14. The summed E-state index contributed by atoms with van der Waals surface area (Å²) in [7, 11) is 0. The Morgan fingerprint density at radius 3 is 2.44 bits per heavy atom. The molecule has 0 fully saturated rings. The first kappa shape index (κ1) is 21.2. The third-order valence-corrected chi connectivity index (χ3v) is 5.58. The normalized spacial score (nSPS) is 11.5. The van der Waals surface area contributed by atoms with Gasteiger partial charge in [-0.3, -0.25) is 14.6 Å². The lowest BCUT2D eigenvalue weighted by Gasteiger charge is -2.13. The van der Waals surface area contributed by atoms with Crippen molar-refractivity contribution in [3.8, 4) is 22.4 Å². The number of anilines is 2. The van der Waals surface area contributed by atoms with Gasteiger partial charge < -0.3 is 16.4 Å². The van der Waals surface area contributed by atoms with Crippen LogP contribution in [0.25, 0.3) is 22.4 Å². The van der Waals surface area contributed by atoms with E-state index in [9.17, 15) is 9.59 Å². The van der Waals surface area contributed by atoms with Gasteiger partial charge in [0.15, 0.2) is 5.13 Å². The first-order valence-corrected chi connectivity index (χ1v) is 10.8. The second-order valence-electron chi connectivity index (χ2n) is 7.16. The van der Waals surface area contributed by atoms with E-state index in [1.807, 2.05) is 41.8 Å². The molecule has 0 saturated heterocycles. The number of amides is 2. The molecule has 0 spiro atoms. The van der Waals surface area contributed by atoms with E-state index in [-0.39, 0.29) is 11.8 Å². The van der Waals surface area contributed by atoms with Crippen LogP contribution >= 0.6 is 11.3 Å². The number of carbonyl (C=O) groups is 2. The number of pyridine rings is 1. The summed E-state index contributed by atoms with van der Waals surface area (Å²) in [5, 5.41) is 7.80. The summed E-state index contributed by atoms with van der Waals surface area (Å²) >= 11 is 1.33. The van der Waals surface area contributed by atoms with E-state index < -0.39 is 6.04 Å². The zero-order valence-electron chi connectivity index (χ0n) is 17.3. The fraction of sp³-hybridized carbons (Fsp3) is 0.0833.